The third kappa shape index (κ3) is 82.6. The van der Waals surface area contributed by atoms with Crippen LogP contribution >= 0.6 is 0 Å². The molecule has 0 aliphatic carbocycles. The summed E-state index contributed by atoms with van der Waals surface area (Å²) in [6, 6.07) is -4.45. The predicted octanol–water partition coefficient (Wildman–Crippen LogP) is 11.9. The van der Waals surface area contributed by atoms with Crippen LogP contribution in [-0.4, -0.2) is 152 Å². The summed E-state index contributed by atoms with van der Waals surface area (Å²) in [5, 5.41) is 30.9. The van der Waals surface area contributed by atoms with Gasteiger partial charge in [-0.25, -0.2) is 0 Å². The van der Waals surface area contributed by atoms with E-state index in [0.29, 0.717) is 109 Å². The molecular weight excluding hydrogens is 1210 g/mol. The number of rotatable bonds is 45. The summed E-state index contributed by atoms with van der Waals surface area (Å²) in [7, 11) is 1.74. The van der Waals surface area contributed by atoms with Gasteiger partial charge in [-0.05, 0) is 199 Å². The lowest BCUT2D eigenvalue weighted by molar-refractivity contribution is -0.131. The highest BCUT2D eigenvalue weighted by molar-refractivity contribution is 5.93. The maximum atomic E-state index is 13.8. The van der Waals surface area contributed by atoms with Gasteiger partial charge in [-0.1, -0.05) is 164 Å². The quantitative estimate of drug-likeness (QED) is 0.0252. The topological polar surface area (TPSA) is 344 Å². The van der Waals surface area contributed by atoms with Crippen molar-refractivity contribution in [3.63, 3.8) is 0 Å². The Hall–Kier alpha value is -3.83. The molecule has 7 atom stereocenters. The normalized spacial score (nSPS) is 12.6. The average molecular weight is 1380 g/mol. The zero-order chi connectivity index (χ0) is 77.3. The lowest BCUT2D eigenvalue weighted by atomic mass is 10.0. The van der Waals surface area contributed by atoms with Gasteiger partial charge in [0.15, 0.2) is 5.78 Å². The minimum atomic E-state index is -0.971. The monoisotopic (exact) mass is 1380 g/mol. The van der Waals surface area contributed by atoms with E-state index in [-0.39, 0.29) is 65.0 Å². The number of hydrogen-bond donors (Lipinski definition) is 14. The molecule has 0 aliphatic rings. The van der Waals surface area contributed by atoms with Crippen LogP contribution in [0.1, 0.15) is 336 Å². The van der Waals surface area contributed by atoms with Crippen molar-refractivity contribution >= 4 is 41.2 Å². The SMILES string of the molecule is CC.CC.CC.CC.CC.CC.CC.CC.CC(C)(C)N.CCCCC(NC(C)(C)C)C(=O)NCCCCC(NC(=O)C(CCCCNC(C)(C)C)NC)C(=O)NCCCCC(NC(=O)C(CCCCNC(=O)C(N)CCCCNC(C)C)NC(=O)C(N)CCCCN)C(C)=O. The van der Waals surface area contributed by atoms with Crippen molar-refractivity contribution in [2.75, 3.05) is 46.3 Å². The molecule has 0 bridgehead atoms. The molecule has 6 amide bonds. The lowest BCUT2D eigenvalue weighted by Crippen LogP contribution is -2.54. The first-order valence-corrected chi connectivity index (χ1v) is 38.5. The minimum Gasteiger partial charge on any atom is -0.355 e. The van der Waals surface area contributed by atoms with E-state index in [1.165, 1.54) is 6.92 Å². The van der Waals surface area contributed by atoms with E-state index in [1.807, 2.05) is 152 Å². The number of unbranched alkanes of at least 4 members (excludes halogenated alkanes) is 7. The maximum absolute atomic E-state index is 13.8. The van der Waals surface area contributed by atoms with Crippen molar-refractivity contribution < 1.29 is 33.6 Å². The van der Waals surface area contributed by atoms with Crippen molar-refractivity contribution in [2.45, 2.75) is 401 Å². The summed E-state index contributed by atoms with van der Waals surface area (Å²) in [5.41, 5.74) is 23.1. The highest BCUT2D eigenvalue weighted by Crippen LogP contribution is 2.12. The van der Waals surface area contributed by atoms with E-state index in [1.54, 1.807) is 7.05 Å². The van der Waals surface area contributed by atoms with Gasteiger partial charge in [-0.3, -0.25) is 33.6 Å². The van der Waals surface area contributed by atoms with Gasteiger partial charge >= 0.3 is 0 Å². The van der Waals surface area contributed by atoms with Gasteiger partial charge in [0.25, 0.3) is 0 Å². The van der Waals surface area contributed by atoms with Crippen molar-refractivity contribution in [3.8, 4) is 0 Å². The average Bonchev–Trinajstić information content (AvgIpc) is 1.03. The molecule has 0 rings (SSSR count). The molecule has 0 aromatic heterocycles. The third-order valence-corrected chi connectivity index (χ3v) is 12.9. The first kappa shape index (κ1) is 113. The third-order valence-electron chi connectivity index (χ3n) is 12.9. The molecule has 0 aromatic rings. The number of carbonyl (C=O) groups excluding carboxylic acids is 7. The number of nitrogens with two attached hydrogens (primary N) is 4. The molecule has 582 valence electrons. The summed E-state index contributed by atoms with van der Waals surface area (Å²) in [6.45, 7) is 61.3. The van der Waals surface area contributed by atoms with E-state index in [4.69, 9.17) is 22.9 Å². The fraction of sp³-hybridized carbons (Fsp3) is 0.907. The van der Waals surface area contributed by atoms with Crippen LogP contribution in [0.15, 0.2) is 0 Å². The van der Waals surface area contributed by atoms with Gasteiger partial charge in [0.2, 0.25) is 35.4 Å². The van der Waals surface area contributed by atoms with Gasteiger partial charge in [0, 0.05) is 42.3 Å². The molecular formula is C75H170N14O7. The molecule has 96 heavy (non-hydrogen) atoms. The number of likely N-dealkylation sites (N-methyl/N-ethyl adjacent to an activating group) is 1. The van der Waals surface area contributed by atoms with Crippen molar-refractivity contribution in [3.05, 3.63) is 0 Å². The van der Waals surface area contributed by atoms with E-state index in [2.05, 4.69) is 94.7 Å². The Bertz CT molecular complexity index is 1700. The molecule has 7 unspecified atom stereocenters. The maximum Gasteiger partial charge on any atom is 0.243 e. The molecule has 0 heterocycles. The summed E-state index contributed by atoms with van der Waals surface area (Å²) < 4.78 is 0. The fourth-order valence-corrected chi connectivity index (χ4v) is 8.36. The molecule has 0 saturated carbocycles. The predicted molar refractivity (Wildman–Crippen MR) is 418 cm³/mol. The first-order valence-electron chi connectivity index (χ1n) is 38.5. The standard InChI is InChI=1S/C55H111N13O7.C4H11N.8C2H6/c1-12-13-28-47(68-55(8,9)10)51(73)63-37-24-17-31-45(67-52(74)44(59-11)30-19-25-38-64-54(5,6)7)50(72)62-36-22-16-29-43(40(4)69)65-53(75)46(66-49(71)42(58)26-14-20-33-56)32-18-23-35-61-48(70)41(57)27-15-21-34-60-39(2)3;1-4(2,3)5;8*1-2/h39,41-47,59-60,64,68H,12-38,56-58H2,1-11H3,(H,61,70)(H,62,72)(H,63,73)(H,65,75)(H,66,71)(H,67,74);5H2,1-3H3;8*1-2H3. The highest BCUT2D eigenvalue weighted by Gasteiger charge is 2.29. The van der Waals surface area contributed by atoms with Crippen molar-refractivity contribution in [1.29, 1.82) is 0 Å². The number of carbonyl (C=O) groups is 7. The second-order valence-corrected chi connectivity index (χ2v) is 25.2. The van der Waals surface area contributed by atoms with Gasteiger partial charge in [-0.15, -0.1) is 0 Å². The molecule has 21 heteroatoms. The van der Waals surface area contributed by atoms with Gasteiger partial charge in [0.1, 0.15) is 12.1 Å². The zero-order valence-electron chi connectivity index (χ0n) is 68.9. The summed E-state index contributed by atoms with van der Waals surface area (Å²) in [6.07, 6.45) is 13.2. The molecule has 18 N–H and O–H groups in total. The van der Waals surface area contributed by atoms with E-state index in [9.17, 15) is 33.6 Å². The largest absolute Gasteiger partial charge is 0.355 e. The van der Waals surface area contributed by atoms with Crippen LogP contribution in [-0.2, 0) is 33.6 Å². The van der Waals surface area contributed by atoms with Crippen LogP contribution < -0.4 is 76.1 Å². The number of ketones is 1. The lowest BCUT2D eigenvalue weighted by Gasteiger charge is -2.28. The molecule has 0 radical (unpaired) electrons. The Labute approximate surface area is 595 Å². The molecule has 0 spiro atoms. The van der Waals surface area contributed by atoms with Crippen LogP contribution in [0, 0.1) is 0 Å². The number of hydrogen-bond acceptors (Lipinski definition) is 15. The Morgan fingerprint density at radius 3 is 1.07 bits per heavy atom. The van der Waals surface area contributed by atoms with E-state index >= 15 is 0 Å². The van der Waals surface area contributed by atoms with Crippen LogP contribution in [0.2, 0.25) is 0 Å². The van der Waals surface area contributed by atoms with Gasteiger partial charge in [-0.2, -0.15) is 0 Å². The van der Waals surface area contributed by atoms with Crippen LogP contribution in [0.25, 0.3) is 0 Å². The van der Waals surface area contributed by atoms with E-state index in [0.717, 1.165) is 58.0 Å². The summed E-state index contributed by atoms with van der Waals surface area (Å²) in [5.74, 6) is -2.10. The summed E-state index contributed by atoms with van der Waals surface area (Å²) in [4.78, 5) is 93.0. The Kier molecular flexibility index (Phi) is 94.7. The number of Topliss-reactive ketones (excluding diaryl/α,β-unsaturated/α-hetero) is 1. The second-order valence-electron chi connectivity index (χ2n) is 25.2. The number of amides is 6. The smallest absolute Gasteiger partial charge is 0.243 e. The Morgan fingerprint density at radius 2 is 0.688 bits per heavy atom. The fourth-order valence-electron chi connectivity index (χ4n) is 8.36. The zero-order valence-corrected chi connectivity index (χ0v) is 68.9. The second kappa shape index (κ2) is 80.1. The minimum absolute atomic E-state index is 0. The molecule has 0 saturated heterocycles. The molecule has 21 nitrogen and oxygen atoms in total. The van der Waals surface area contributed by atoms with Crippen LogP contribution in [0.3, 0.4) is 0 Å². The molecule has 0 aliphatic heterocycles. The highest BCUT2D eigenvalue weighted by atomic mass is 16.2. The van der Waals surface area contributed by atoms with Gasteiger partial charge in [0.05, 0.1) is 30.2 Å². The van der Waals surface area contributed by atoms with Crippen LogP contribution in [0.4, 0.5) is 0 Å². The van der Waals surface area contributed by atoms with Gasteiger partial charge < -0.3 is 76.1 Å². The number of nitrogens with one attached hydrogen (secondary N) is 10. The van der Waals surface area contributed by atoms with E-state index < -0.39 is 48.1 Å². The molecule has 0 aromatic carbocycles. The Balaban J connectivity index is -0.000000393. The van der Waals surface area contributed by atoms with Crippen LogP contribution in [0.5, 0.6) is 0 Å². The molecule has 0 fully saturated rings. The van der Waals surface area contributed by atoms with Crippen molar-refractivity contribution in [1.82, 2.24) is 53.2 Å². The summed E-state index contributed by atoms with van der Waals surface area (Å²) >= 11 is 0. The Morgan fingerprint density at radius 1 is 0.375 bits per heavy atom. The first-order chi connectivity index (χ1) is 45.3. The van der Waals surface area contributed by atoms with Crippen molar-refractivity contribution in [2.24, 2.45) is 22.9 Å².